The zero-order valence-corrected chi connectivity index (χ0v) is 14.9. The van der Waals surface area contributed by atoms with Gasteiger partial charge in [0.05, 0.1) is 17.0 Å². The Labute approximate surface area is 161 Å². The summed E-state index contributed by atoms with van der Waals surface area (Å²) in [5.41, 5.74) is 7.26. The number of aromatic amines is 1. The molecule has 3 aromatic carbocycles. The minimum Gasteiger partial charge on any atom is -0.322 e. The molecule has 0 saturated heterocycles. The van der Waals surface area contributed by atoms with Crippen LogP contribution >= 0.6 is 0 Å². The van der Waals surface area contributed by atoms with E-state index in [1.165, 1.54) is 28.8 Å². The van der Waals surface area contributed by atoms with Crippen LogP contribution in [0.15, 0.2) is 72.8 Å². The number of nitrogens with zero attached hydrogens (tertiary/aromatic N) is 1. The first-order valence-corrected chi connectivity index (χ1v) is 9.02. The lowest BCUT2D eigenvalue weighted by atomic mass is 10.1. The van der Waals surface area contributed by atoms with Crippen LogP contribution in [0.3, 0.4) is 0 Å². The number of carbonyl (C=O) groups is 1. The van der Waals surface area contributed by atoms with Crippen LogP contribution in [0.1, 0.15) is 21.5 Å². The molecule has 1 aliphatic carbocycles. The third-order valence-corrected chi connectivity index (χ3v) is 5.06. The van der Waals surface area contributed by atoms with Crippen LogP contribution < -0.4 is 5.32 Å². The normalized spacial score (nSPS) is 11.8. The molecule has 0 aliphatic heterocycles. The van der Waals surface area contributed by atoms with Crippen LogP contribution in [-0.4, -0.2) is 16.1 Å². The number of carbonyl (C=O) groups excluding carboxylic acids is 1. The Hall–Kier alpha value is -3.73. The molecule has 0 bridgehead atoms. The summed E-state index contributed by atoms with van der Waals surface area (Å²) in [6, 6.07) is 21.7. The highest BCUT2D eigenvalue weighted by Crippen LogP contribution is 2.39. The van der Waals surface area contributed by atoms with Gasteiger partial charge in [-0.05, 0) is 29.8 Å². The van der Waals surface area contributed by atoms with E-state index in [2.05, 4.69) is 27.6 Å². The van der Waals surface area contributed by atoms with Gasteiger partial charge in [0, 0.05) is 28.8 Å². The number of hydrogen-bond donors (Lipinski definition) is 2. The van der Waals surface area contributed by atoms with Gasteiger partial charge in [-0.15, -0.1) is 0 Å². The lowest BCUT2D eigenvalue weighted by molar-refractivity contribution is 0.102. The third kappa shape index (κ3) is 2.68. The maximum absolute atomic E-state index is 13.8. The molecule has 0 spiro atoms. The lowest BCUT2D eigenvalue weighted by Gasteiger charge is -2.07. The van der Waals surface area contributed by atoms with E-state index in [0.29, 0.717) is 5.69 Å². The summed E-state index contributed by atoms with van der Waals surface area (Å²) in [5.74, 6) is -1.01. The number of nitrogens with one attached hydrogen (secondary N) is 2. The van der Waals surface area contributed by atoms with Gasteiger partial charge in [0.2, 0.25) is 0 Å². The van der Waals surface area contributed by atoms with E-state index in [1.807, 2.05) is 24.3 Å². The van der Waals surface area contributed by atoms with Crippen molar-refractivity contribution in [2.45, 2.75) is 6.42 Å². The SMILES string of the molecule is O=C(Nc1ccc(-c2n[nH]c3c2Cc2ccccc2-3)cc1)c1ccccc1F. The first-order valence-electron chi connectivity index (χ1n) is 9.02. The standard InChI is InChI=1S/C23H16FN3O/c24-20-8-4-3-7-18(20)23(28)25-16-11-9-14(10-12-16)21-19-13-15-5-1-2-6-17(15)22(19)27-26-21/h1-12H,13H2,(H,25,28)(H,26,27). The van der Waals surface area contributed by atoms with Gasteiger partial charge in [0.1, 0.15) is 5.82 Å². The molecule has 1 heterocycles. The van der Waals surface area contributed by atoms with Gasteiger partial charge in [0.15, 0.2) is 0 Å². The molecule has 5 heteroatoms. The molecule has 5 rings (SSSR count). The first kappa shape index (κ1) is 16.4. The molecule has 1 amide bonds. The summed E-state index contributed by atoms with van der Waals surface area (Å²) in [7, 11) is 0. The highest BCUT2D eigenvalue weighted by atomic mass is 19.1. The molecule has 4 nitrogen and oxygen atoms in total. The summed E-state index contributed by atoms with van der Waals surface area (Å²) in [5, 5.41) is 10.4. The van der Waals surface area contributed by atoms with Crippen LogP contribution in [0.5, 0.6) is 0 Å². The van der Waals surface area contributed by atoms with Crippen molar-refractivity contribution in [2.75, 3.05) is 5.32 Å². The number of hydrogen-bond acceptors (Lipinski definition) is 2. The number of fused-ring (bicyclic) bond motifs is 3. The Bertz CT molecular complexity index is 1190. The van der Waals surface area contributed by atoms with Crippen molar-refractivity contribution in [3.05, 3.63) is 95.3 Å². The molecule has 28 heavy (non-hydrogen) atoms. The topological polar surface area (TPSA) is 57.8 Å². The van der Waals surface area contributed by atoms with Crippen molar-refractivity contribution in [1.29, 1.82) is 0 Å². The van der Waals surface area contributed by atoms with Gasteiger partial charge in [-0.1, -0.05) is 48.5 Å². The number of halogens is 1. The van der Waals surface area contributed by atoms with Crippen molar-refractivity contribution >= 4 is 11.6 Å². The molecular formula is C23H16FN3O. The molecule has 0 atom stereocenters. The van der Waals surface area contributed by atoms with Crippen molar-refractivity contribution in [2.24, 2.45) is 0 Å². The van der Waals surface area contributed by atoms with Crippen molar-refractivity contribution < 1.29 is 9.18 Å². The van der Waals surface area contributed by atoms with Crippen LogP contribution in [0.2, 0.25) is 0 Å². The van der Waals surface area contributed by atoms with Crippen LogP contribution in [0, 0.1) is 5.82 Å². The highest BCUT2D eigenvalue weighted by molar-refractivity contribution is 6.04. The number of amides is 1. The lowest BCUT2D eigenvalue weighted by Crippen LogP contribution is -2.13. The van der Waals surface area contributed by atoms with Gasteiger partial charge < -0.3 is 5.32 Å². The van der Waals surface area contributed by atoms with Gasteiger partial charge in [-0.3, -0.25) is 9.89 Å². The number of rotatable bonds is 3. The van der Waals surface area contributed by atoms with Crippen molar-refractivity contribution in [3.63, 3.8) is 0 Å². The van der Waals surface area contributed by atoms with Gasteiger partial charge >= 0.3 is 0 Å². The smallest absolute Gasteiger partial charge is 0.258 e. The Kier molecular flexibility index (Phi) is 3.79. The zero-order chi connectivity index (χ0) is 19.1. The van der Waals surface area contributed by atoms with E-state index >= 15 is 0 Å². The number of aromatic nitrogens is 2. The molecule has 2 N–H and O–H groups in total. The predicted octanol–water partition coefficient (Wildman–Crippen LogP) is 5.04. The minimum absolute atomic E-state index is 0.0226. The van der Waals surface area contributed by atoms with Crippen molar-refractivity contribution in [1.82, 2.24) is 10.2 Å². The van der Waals surface area contributed by atoms with Crippen LogP contribution in [0.4, 0.5) is 10.1 Å². The van der Waals surface area contributed by atoms with E-state index in [1.54, 1.807) is 24.3 Å². The first-order chi connectivity index (χ1) is 13.7. The largest absolute Gasteiger partial charge is 0.322 e. The Balaban J connectivity index is 1.39. The van der Waals surface area contributed by atoms with Gasteiger partial charge in [-0.25, -0.2) is 4.39 Å². The fourth-order valence-electron chi connectivity index (χ4n) is 3.66. The van der Waals surface area contributed by atoms with E-state index in [0.717, 1.165) is 23.4 Å². The molecular weight excluding hydrogens is 353 g/mol. The minimum atomic E-state index is -0.539. The molecule has 0 unspecified atom stereocenters. The molecule has 0 saturated carbocycles. The molecule has 0 fully saturated rings. The summed E-state index contributed by atoms with van der Waals surface area (Å²) >= 11 is 0. The highest BCUT2D eigenvalue weighted by Gasteiger charge is 2.24. The second kappa shape index (κ2) is 6.46. The second-order valence-electron chi connectivity index (χ2n) is 6.77. The van der Waals surface area contributed by atoms with Crippen LogP contribution in [-0.2, 0) is 6.42 Å². The van der Waals surface area contributed by atoms with Crippen LogP contribution in [0.25, 0.3) is 22.5 Å². The van der Waals surface area contributed by atoms with E-state index in [9.17, 15) is 9.18 Å². The average molecular weight is 369 g/mol. The number of benzene rings is 3. The number of anilines is 1. The fourth-order valence-corrected chi connectivity index (χ4v) is 3.66. The van der Waals surface area contributed by atoms with Gasteiger partial charge in [0.25, 0.3) is 5.91 Å². The summed E-state index contributed by atoms with van der Waals surface area (Å²) in [6.45, 7) is 0. The maximum atomic E-state index is 13.8. The molecule has 1 aliphatic rings. The number of H-pyrrole nitrogens is 1. The second-order valence-corrected chi connectivity index (χ2v) is 6.77. The Morgan fingerprint density at radius 2 is 1.71 bits per heavy atom. The summed E-state index contributed by atoms with van der Waals surface area (Å²) in [4.78, 5) is 12.3. The average Bonchev–Trinajstić information content (AvgIpc) is 3.28. The molecule has 136 valence electrons. The molecule has 4 aromatic rings. The fraction of sp³-hybridized carbons (Fsp3) is 0.0435. The third-order valence-electron chi connectivity index (χ3n) is 5.06. The predicted molar refractivity (Wildman–Crippen MR) is 107 cm³/mol. The monoisotopic (exact) mass is 369 g/mol. The van der Waals surface area contributed by atoms with E-state index in [-0.39, 0.29) is 5.56 Å². The Morgan fingerprint density at radius 3 is 2.54 bits per heavy atom. The Morgan fingerprint density at radius 1 is 0.964 bits per heavy atom. The molecule has 0 radical (unpaired) electrons. The maximum Gasteiger partial charge on any atom is 0.258 e. The van der Waals surface area contributed by atoms with E-state index < -0.39 is 11.7 Å². The molecule has 1 aromatic heterocycles. The van der Waals surface area contributed by atoms with E-state index in [4.69, 9.17) is 0 Å². The van der Waals surface area contributed by atoms with Gasteiger partial charge in [-0.2, -0.15) is 5.10 Å². The summed E-state index contributed by atoms with van der Waals surface area (Å²) < 4.78 is 13.8. The van der Waals surface area contributed by atoms with Crippen molar-refractivity contribution in [3.8, 4) is 22.5 Å². The summed E-state index contributed by atoms with van der Waals surface area (Å²) in [6.07, 6.45) is 0.850. The zero-order valence-electron chi connectivity index (χ0n) is 14.9. The quantitative estimate of drug-likeness (QED) is 0.468.